The Morgan fingerprint density at radius 3 is 1.22 bits per heavy atom. The summed E-state index contributed by atoms with van der Waals surface area (Å²) >= 11 is 4.10. The maximum Gasteiger partial charge on any atom is 0.326 e. The fraction of sp³-hybridized carbons (Fsp3) is 0.738. The lowest BCUT2D eigenvalue weighted by Crippen LogP contribution is -2.61. The van der Waals surface area contributed by atoms with Crippen molar-refractivity contribution in [3.05, 3.63) is 0 Å². The van der Waals surface area contributed by atoms with E-state index in [9.17, 15) is 86.6 Å². The van der Waals surface area contributed by atoms with Gasteiger partial charge in [0.25, 0.3) is 0 Å². The van der Waals surface area contributed by atoms with Crippen molar-refractivity contribution in [3.8, 4) is 0 Å². The van der Waals surface area contributed by atoms with Gasteiger partial charge < -0.3 is 96.3 Å². The van der Waals surface area contributed by atoms with Crippen LogP contribution in [0.2, 0.25) is 0 Å². The minimum absolute atomic E-state index is 0.0420. The van der Waals surface area contributed by atoms with Crippen molar-refractivity contribution in [1.82, 2.24) is 68.3 Å². The van der Waals surface area contributed by atoms with E-state index in [1.54, 1.807) is 55.4 Å². The molecule has 0 spiro atoms. The zero-order chi connectivity index (χ0) is 77.0. The summed E-state index contributed by atoms with van der Waals surface area (Å²) in [6, 6.07) is -17.0. The summed E-state index contributed by atoms with van der Waals surface area (Å²) in [6.07, 6.45) is -0.528. The maximum atomic E-state index is 14.6. The number of rotatable bonds is 43. The molecule has 2 rings (SSSR count). The Kier molecular flexibility index (Phi) is 37.2. The Bertz CT molecular complexity index is 2970. The van der Waals surface area contributed by atoms with Gasteiger partial charge in [-0.3, -0.25) is 76.7 Å². The normalized spacial score (nSPS) is 17.7. The van der Waals surface area contributed by atoms with Crippen LogP contribution < -0.4 is 81.4 Å². The number of primary amides is 3. The second kappa shape index (κ2) is 42.5. The zero-order valence-corrected chi connectivity index (χ0v) is 61.2. The van der Waals surface area contributed by atoms with Gasteiger partial charge >= 0.3 is 5.97 Å². The summed E-state index contributed by atoms with van der Waals surface area (Å²) in [7, 11) is 0. The van der Waals surface area contributed by atoms with Crippen molar-refractivity contribution < 1.29 is 86.6 Å². The smallest absolute Gasteiger partial charge is 0.326 e. The van der Waals surface area contributed by atoms with Crippen molar-refractivity contribution in [2.75, 3.05) is 25.4 Å². The molecule has 20 N–H and O–H groups in total. The minimum Gasteiger partial charge on any atom is -0.480 e. The van der Waals surface area contributed by atoms with E-state index in [1.807, 2.05) is 27.7 Å². The zero-order valence-electron chi connectivity index (χ0n) is 60.3. The number of amides is 16. The van der Waals surface area contributed by atoms with Crippen LogP contribution in [0, 0.1) is 35.5 Å². The first kappa shape index (κ1) is 88.4. The molecule has 0 aliphatic carbocycles. The summed E-state index contributed by atoms with van der Waals surface area (Å²) in [6.45, 7) is 21.4. The Balaban J connectivity index is 2.27. The number of aliphatic carboxylic acids is 1. The fourth-order valence-corrected chi connectivity index (χ4v) is 11.6. The Morgan fingerprint density at radius 1 is 0.426 bits per heavy atom. The van der Waals surface area contributed by atoms with Crippen LogP contribution in [-0.4, -0.2) is 219 Å². The number of hydrogen-bond donors (Lipinski definition) is 17. The van der Waals surface area contributed by atoms with Crippen LogP contribution in [0.15, 0.2) is 0 Å². The molecule has 13 atom stereocenters. The van der Waals surface area contributed by atoms with Gasteiger partial charge in [-0.15, -0.1) is 0 Å². The van der Waals surface area contributed by atoms with Crippen LogP contribution in [0.4, 0.5) is 0 Å². The molecule has 36 heteroatoms. The Labute approximate surface area is 595 Å². The molecule has 2 aliphatic heterocycles. The van der Waals surface area contributed by atoms with Gasteiger partial charge in [-0.1, -0.05) is 83.1 Å². The van der Waals surface area contributed by atoms with Crippen LogP contribution in [-0.2, 0) is 81.5 Å². The van der Waals surface area contributed by atoms with E-state index >= 15 is 0 Å². The summed E-state index contributed by atoms with van der Waals surface area (Å²) in [5.41, 5.74) is 21.9. The van der Waals surface area contributed by atoms with E-state index in [4.69, 9.17) is 22.9 Å². The van der Waals surface area contributed by atoms with Crippen LogP contribution in [0.25, 0.3) is 0 Å². The molecule has 0 aromatic heterocycles. The topological polar surface area (TPSA) is 553 Å². The third-order valence-electron chi connectivity index (χ3n) is 16.8. The van der Waals surface area contributed by atoms with E-state index in [0.29, 0.717) is 19.3 Å². The third kappa shape index (κ3) is 29.8. The standard InChI is InChI=1S/C65H111N17O18S/c1-30(2)24-37(66)54(88)72-38(18-20-46(67)83)55(89)70-28-49(86)78-50(33(7)8)60(94)75-41(26-32(5)6)64(98)81-22-14-16-44(81)58(92)71-36(13)53(87)74-40(25-31(3)4)63(97)82-23-15-17-45(82)59(93)73-39(19-21-47(68)84)56(90)79-52(35(11)12)62(96)80-51(34(9)10)61(95)77-43(29-101)57(91)76-42(65(99)100)27-48(69)85/h30-45,50-52,101H,14-29,66H2,1-13H3,(H2,67,83)(H2,68,84)(H2,69,85)(H,70,89)(H,71,92)(H,72,88)(H,73,93)(H,74,87)(H,75,94)(H,76,91)(H,77,95)(H,78,86)(H,79,90)(H,80,96)(H,99,100)/t36-,37-,38-,39-,40-,41-,42-,43-,44-,45-,50-,51-,52-/m0/s1. The molecule has 0 aromatic carbocycles. The van der Waals surface area contributed by atoms with Crippen LogP contribution in [0.1, 0.15) is 167 Å². The lowest BCUT2D eigenvalue weighted by Gasteiger charge is -2.32. The molecule has 2 saturated heterocycles. The molecule has 0 saturated carbocycles. The van der Waals surface area contributed by atoms with E-state index in [0.717, 1.165) is 0 Å². The van der Waals surface area contributed by atoms with Crippen LogP contribution >= 0.6 is 12.6 Å². The van der Waals surface area contributed by atoms with Crippen molar-refractivity contribution in [3.63, 3.8) is 0 Å². The number of carbonyl (C=O) groups excluding carboxylic acids is 16. The quantitative estimate of drug-likeness (QED) is 0.0258. The first-order valence-electron chi connectivity index (χ1n) is 34.4. The first-order chi connectivity index (χ1) is 47.0. The number of nitrogens with two attached hydrogens (primary N) is 4. The maximum absolute atomic E-state index is 14.6. The minimum atomic E-state index is -1.72. The molecule has 0 aromatic rings. The van der Waals surface area contributed by atoms with Crippen molar-refractivity contribution in [2.45, 2.75) is 246 Å². The predicted molar refractivity (Wildman–Crippen MR) is 370 cm³/mol. The van der Waals surface area contributed by atoms with Gasteiger partial charge in [0.1, 0.15) is 72.5 Å². The van der Waals surface area contributed by atoms with Gasteiger partial charge in [0.15, 0.2) is 0 Å². The Morgan fingerprint density at radius 2 is 0.802 bits per heavy atom. The van der Waals surface area contributed by atoms with E-state index in [-0.39, 0.29) is 81.5 Å². The predicted octanol–water partition coefficient (Wildman–Crippen LogP) is -4.19. The lowest BCUT2D eigenvalue weighted by molar-refractivity contribution is -0.144. The molecule has 2 aliphatic rings. The lowest BCUT2D eigenvalue weighted by atomic mass is 9.98. The average Bonchev–Trinajstić information content (AvgIpc) is 1.74. The number of nitrogens with one attached hydrogen (secondary N) is 11. The highest BCUT2D eigenvalue weighted by Crippen LogP contribution is 2.24. The van der Waals surface area contributed by atoms with Crippen molar-refractivity contribution in [1.29, 1.82) is 0 Å². The largest absolute Gasteiger partial charge is 0.480 e. The molecule has 0 radical (unpaired) electrons. The molecular formula is C65H111N17O18S. The monoisotopic (exact) mass is 1450 g/mol. The Hall–Kier alpha value is -8.70. The van der Waals surface area contributed by atoms with Crippen molar-refractivity contribution >= 4 is 113 Å². The summed E-state index contributed by atoms with van der Waals surface area (Å²) in [5, 5.41) is 37.4. The number of thiol groups is 1. The molecule has 16 amide bonds. The van der Waals surface area contributed by atoms with Gasteiger partial charge in [0.2, 0.25) is 94.5 Å². The fourth-order valence-electron chi connectivity index (χ4n) is 11.3. The summed E-state index contributed by atoms with van der Waals surface area (Å²) in [5.74, 6) is -17.1. The number of hydrogen-bond acceptors (Lipinski definition) is 19. The van der Waals surface area contributed by atoms with Crippen molar-refractivity contribution in [2.24, 2.45) is 58.4 Å². The second-order valence-electron chi connectivity index (χ2n) is 28.1. The first-order valence-corrected chi connectivity index (χ1v) is 35.0. The second-order valence-corrected chi connectivity index (χ2v) is 28.5. The summed E-state index contributed by atoms with van der Waals surface area (Å²) < 4.78 is 0. The van der Waals surface area contributed by atoms with Gasteiger partial charge in [-0.25, -0.2) is 4.79 Å². The molecule has 570 valence electrons. The number of carboxylic acids is 1. The molecule has 35 nitrogen and oxygen atoms in total. The molecule has 101 heavy (non-hydrogen) atoms. The number of nitrogens with zero attached hydrogens (tertiary/aromatic N) is 2. The molecular weight excluding hydrogens is 1340 g/mol. The molecule has 0 unspecified atom stereocenters. The van der Waals surface area contributed by atoms with Gasteiger partial charge in [0.05, 0.1) is 19.0 Å². The highest BCUT2D eigenvalue weighted by molar-refractivity contribution is 7.80. The molecule has 0 bridgehead atoms. The molecule has 2 heterocycles. The average molecular weight is 1450 g/mol. The van der Waals surface area contributed by atoms with Gasteiger partial charge in [-0.2, -0.15) is 12.6 Å². The van der Waals surface area contributed by atoms with E-state index in [2.05, 4.69) is 71.1 Å². The van der Waals surface area contributed by atoms with E-state index < -0.39 is 216 Å². The summed E-state index contributed by atoms with van der Waals surface area (Å²) in [4.78, 5) is 229. The number of likely N-dealkylation sites (tertiary alicyclic amines) is 2. The molecule has 2 fully saturated rings. The van der Waals surface area contributed by atoms with Crippen LogP contribution in [0.5, 0.6) is 0 Å². The van der Waals surface area contributed by atoms with Gasteiger partial charge in [-0.05, 0) is 100 Å². The van der Waals surface area contributed by atoms with E-state index in [1.165, 1.54) is 16.7 Å². The number of carbonyl (C=O) groups is 17. The van der Waals surface area contributed by atoms with Crippen LogP contribution in [0.3, 0.4) is 0 Å². The number of carboxylic acid groups (broad SMARTS) is 1. The highest BCUT2D eigenvalue weighted by atomic mass is 32.1. The highest BCUT2D eigenvalue weighted by Gasteiger charge is 2.43. The third-order valence-corrected chi connectivity index (χ3v) is 17.1. The SMILES string of the molecule is CC(C)C[C@H](NC(=O)[C@H](C)NC(=O)[C@@H]1CCCN1C(=O)[C@H](CC(C)C)NC(=O)[C@@H](NC(=O)CNC(=O)[C@H](CCC(N)=O)NC(=O)[C@@H](N)CC(C)C)C(C)C)C(=O)N1CCC[C@H]1C(=O)N[C@@H](CCC(N)=O)C(=O)N[C@H](C(=O)N[C@H](C(=O)N[C@@H](CS)C(=O)N[C@@H](CC(N)=O)C(=O)O)C(C)C)C(C)C. The van der Waals surface area contributed by atoms with Gasteiger partial charge in [0, 0.05) is 31.7 Å².